The molecular formula is C14H20ClN. The van der Waals surface area contributed by atoms with Crippen molar-refractivity contribution in [3.8, 4) is 0 Å². The largest absolute Gasteiger partial charge is 0.312 e. The van der Waals surface area contributed by atoms with Crippen LogP contribution in [-0.2, 0) is 6.54 Å². The van der Waals surface area contributed by atoms with E-state index < -0.39 is 0 Å². The summed E-state index contributed by atoms with van der Waals surface area (Å²) in [7, 11) is 0. The third-order valence-corrected chi connectivity index (χ3v) is 3.98. The first-order chi connectivity index (χ1) is 7.49. The topological polar surface area (TPSA) is 12.0 Å². The molecule has 2 heteroatoms. The van der Waals surface area contributed by atoms with E-state index >= 15 is 0 Å². The van der Waals surface area contributed by atoms with Crippen molar-refractivity contribution in [1.82, 2.24) is 5.32 Å². The molecule has 16 heavy (non-hydrogen) atoms. The van der Waals surface area contributed by atoms with Crippen molar-refractivity contribution in [3.63, 3.8) is 0 Å². The number of hydrogen-bond donors (Lipinski definition) is 1. The molecule has 1 fully saturated rings. The minimum atomic E-state index is 0.560. The van der Waals surface area contributed by atoms with Gasteiger partial charge in [0.05, 0.1) is 0 Å². The molecule has 2 rings (SSSR count). The Morgan fingerprint density at radius 1 is 1.44 bits per heavy atom. The molecule has 1 atom stereocenters. The lowest BCUT2D eigenvalue weighted by Crippen LogP contribution is -2.18. The highest BCUT2D eigenvalue weighted by atomic mass is 35.5. The van der Waals surface area contributed by atoms with Gasteiger partial charge in [-0.05, 0) is 48.4 Å². The van der Waals surface area contributed by atoms with Crippen LogP contribution in [0, 0.1) is 18.3 Å². The number of rotatable bonds is 4. The Hall–Kier alpha value is -0.530. The summed E-state index contributed by atoms with van der Waals surface area (Å²) < 4.78 is 0. The van der Waals surface area contributed by atoms with Gasteiger partial charge in [-0.3, -0.25) is 0 Å². The van der Waals surface area contributed by atoms with E-state index in [1.165, 1.54) is 17.5 Å². The van der Waals surface area contributed by atoms with Gasteiger partial charge in [-0.1, -0.05) is 37.6 Å². The Labute approximate surface area is 103 Å². The summed E-state index contributed by atoms with van der Waals surface area (Å²) in [5.41, 5.74) is 2.98. The fourth-order valence-corrected chi connectivity index (χ4v) is 2.40. The second-order valence-electron chi connectivity index (χ2n) is 5.62. The highest BCUT2D eigenvalue weighted by molar-refractivity contribution is 6.31. The molecule has 88 valence electrons. The van der Waals surface area contributed by atoms with Crippen molar-refractivity contribution in [2.45, 2.75) is 33.7 Å². The molecule has 0 radical (unpaired) electrons. The molecule has 1 unspecified atom stereocenters. The second kappa shape index (κ2) is 4.38. The van der Waals surface area contributed by atoms with Gasteiger partial charge in [-0.25, -0.2) is 0 Å². The van der Waals surface area contributed by atoms with Crippen LogP contribution in [0.4, 0.5) is 0 Å². The van der Waals surface area contributed by atoms with E-state index in [2.05, 4.69) is 38.2 Å². The molecule has 0 aromatic heterocycles. The second-order valence-corrected chi connectivity index (χ2v) is 6.02. The van der Waals surface area contributed by atoms with E-state index in [0.29, 0.717) is 5.41 Å². The lowest BCUT2D eigenvalue weighted by Gasteiger charge is -2.08. The predicted molar refractivity (Wildman–Crippen MR) is 69.8 cm³/mol. The number of nitrogens with one attached hydrogen (secondary N) is 1. The summed E-state index contributed by atoms with van der Waals surface area (Å²) in [5, 5.41) is 4.37. The van der Waals surface area contributed by atoms with Crippen LogP contribution in [0.5, 0.6) is 0 Å². The van der Waals surface area contributed by atoms with Gasteiger partial charge in [-0.2, -0.15) is 0 Å². The molecule has 0 aliphatic heterocycles. The predicted octanol–water partition coefficient (Wildman–Crippen LogP) is 3.78. The Morgan fingerprint density at radius 2 is 2.12 bits per heavy atom. The SMILES string of the molecule is Cc1ccc(CNCC2CC2(C)C)c(Cl)c1. The molecule has 1 aliphatic rings. The lowest BCUT2D eigenvalue weighted by molar-refractivity contribution is 0.519. The zero-order valence-corrected chi connectivity index (χ0v) is 11.1. The molecule has 0 bridgehead atoms. The van der Waals surface area contributed by atoms with E-state index in [-0.39, 0.29) is 0 Å². The van der Waals surface area contributed by atoms with Crippen molar-refractivity contribution in [2.75, 3.05) is 6.54 Å². The van der Waals surface area contributed by atoms with Gasteiger partial charge in [0.1, 0.15) is 0 Å². The van der Waals surface area contributed by atoms with Crippen LogP contribution in [0.15, 0.2) is 18.2 Å². The van der Waals surface area contributed by atoms with Crippen LogP contribution in [0.25, 0.3) is 0 Å². The van der Waals surface area contributed by atoms with Gasteiger partial charge < -0.3 is 5.32 Å². The lowest BCUT2D eigenvalue weighted by atomic mass is 10.1. The molecule has 1 aliphatic carbocycles. The third-order valence-electron chi connectivity index (χ3n) is 3.63. The van der Waals surface area contributed by atoms with Gasteiger partial charge in [0.2, 0.25) is 0 Å². The molecule has 0 saturated heterocycles. The van der Waals surface area contributed by atoms with Crippen LogP contribution in [0.3, 0.4) is 0 Å². The summed E-state index contributed by atoms with van der Waals surface area (Å²) in [6.45, 7) is 8.72. The minimum absolute atomic E-state index is 0.560. The van der Waals surface area contributed by atoms with Gasteiger partial charge in [0, 0.05) is 11.6 Å². The van der Waals surface area contributed by atoms with Gasteiger partial charge in [0.15, 0.2) is 0 Å². The summed E-state index contributed by atoms with van der Waals surface area (Å²) in [6, 6.07) is 6.26. The Balaban J connectivity index is 1.81. The van der Waals surface area contributed by atoms with Crippen molar-refractivity contribution in [2.24, 2.45) is 11.3 Å². The van der Waals surface area contributed by atoms with Crippen LogP contribution in [-0.4, -0.2) is 6.54 Å². The molecule has 0 amide bonds. The molecule has 1 N–H and O–H groups in total. The van der Waals surface area contributed by atoms with Crippen LogP contribution in [0.1, 0.15) is 31.4 Å². The first-order valence-corrected chi connectivity index (χ1v) is 6.32. The van der Waals surface area contributed by atoms with E-state index in [9.17, 15) is 0 Å². The zero-order valence-electron chi connectivity index (χ0n) is 10.3. The summed E-state index contributed by atoms with van der Waals surface area (Å²) in [6.07, 6.45) is 1.35. The normalized spacial score (nSPS) is 22.1. The highest BCUT2D eigenvalue weighted by Gasteiger charge is 2.44. The standard InChI is InChI=1S/C14H20ClN/c1-10-4-5-11(13(15)6-10)8-16-9-12-7-14(12,2)3/h4-6,12,16H,7-9H2,1-3H3. The number of benzene rings is 1. The Bertz CT molecular complexity index is 384. The van der Waals surface area contributed by atoms with Crippen LogP contribution < -0.4 is 5.32 Å². The maximum absolute atomic E-state index is 6.18. The van der Waals surface area contributed by atoms with E-state index in [0.717, 1.165) is 24.0 Å². The maximum Gasteiger partial charge on any atom is 0.0453 e. The number of hydrogen-bond acceptors (Lipinski definition) is 1. The quantitative estimate of drug-likeness (QED) is 0.841. The van der Waals surface area contributed by atoms with Gasteiger partial charge in [0.25, 0.3) is 0 Å². The van der Waals surface area contributed by atoms with Crippen LogP contribution in [0.2, 0.25) is 5.02 Å². The van der Waals surface area contributed by atoms with Crippen molar-refractivity contribution in [1.29, 1.82) is 0 Å². The third kappa shape index (κ3) is 2.78. The van der Waals surface area contributed by atoms with Crippen LogP contribution >= 0.6 is 11.6 Å². The monoisotopic (exact) mass is 237 g/mol. The zero-order chi connectivity index (χ0) is 11.8. The van der Waals surface area contributed by atoms with E-state index in [1.54, 1.807) is 0 Å². The fourth-order valence-electron chi connectivity index (χ4n) is 2.10. The molecule has 1 saturated carbocycles. The van der Waals surface area contributed by atoms with Gasteiger partial charge >= 0.3 is 0 Å². The van der Waals surface area contributed by atoms with Crippen molar-refractivity contribution in [3.05, 3.63) is 34.3 Å². The van der Waals surface area contributed by atoms with Crippen molar-refractivity contribution < 1.29 is 0 Å². The first kappa shape index (κ1) is 11.9. The minimum Gasteiger partial charge on any atom is -0.312 e. The summed E-state index contributed by atoms with van der Waals surface area (Å²) in [5.74, 6) is 0.844. The Morgan fingerprint density at radius 3 is 2.69 bits per heavy atom. The Kier molecular flexibility index (Phi) is 3.27. The molecule has 1 aromatic carbocycles. The molecule has 1 aromatic rings. The maximum atomic E-state index is 6.18. The molecule has 0 heterocycles. The molecular weight excluding hydrogens is 218 g/mol. The van der Waals surface area contributed by atoms with Gasteiger partial charge in [-0.15, -0.1) is 0 Å². The smallest absolute Gasteiger partial charge is 0.0453 e. The molecule has 1 nitrogen and oxygen atoms in total. The number of aryl methyl sites for hydroxylation is 1. The molecule has 0 spiro atoms. The average Bonchev–Trinajstić information content (AvgIpc) is 2.78. The van der Waals surface area contributed by atoms with E-state index in [1.807, 2.05) is 6.07 Å². The first-order valence-electron chi connectivity index (χ1n) is 5.95. The average molecular weight is 238 g/mol. The summed E-state index contributed by atoms with van der Waals surface area (Å²) >= 11 is 6.18. The van der Waals surface area contributed by atoms with Crippen molar-refractivity contribution >= 4 is 11.6 Å². The summed E-state index contributed by atoms with van der Waals surface area (Å²) in [4.78, 5) is 0. The fraction of sp³-hybridized carbons (Fsp3) is 0.571. The highest BCUT2D eigenvalue weighted by Crippen LogP contribution is 2.50. The number of halogens is 1. The van der Waals surface area contributed by atoms with E-state index in [4.69, 9.17) is 11.6 Å².